The zero-order valence-electron chi connectivity index (χ0n) is 30.7. The molecule has 50 heavy (non-hydrogen) atoms. The maximum Gasteiger partial charge on any atom is -0.00201 e. The first-order chi connectivity index (χ1) is 24.8. The summed E-state index contributed by atoms with van der Waals surface area (Å²) < 4.78 is 0. The fraction of sp³-hybridized carbons (Fsp3) is 0.360. The Kier molecular flexibility index (Phi) is 11.5. The minimum atomic E-state index is 1.18. The molecule has 0 radical (unpaired) electrons. The fourth-order valence-electron chi connectivity index (χ4n) is 8.49. The van der Waals surface area contributed by atoms with E-state index >= 15 is 0 Å². The Bertz CT molecular complexity index is 1940. The highest BCUT2D eigenvalue weighted by atomic mass is 14.2. The summed E-state index contributed by atoms with van der Waals surface area (Å²) in [5.74, 6) is 0. The summed E-state index contributed by atoms with van der Waals surface area (Å²) >= 11 is 0. The van der Waals surface area contributed by atoms with Crippen LogP contribution in [0, 0.1) is 0 Å². The largest absolute Gasteiger partial charge is 0.0654 e. The highest BCUT2D eigenvalue weighted by Crippen LogP contribution is 2.45. The summed E-state index contributed by atoms with van der Waals surface area (Å²) in [5, 5.41) is 10.9. The Balaban J connectivity index is 1.14. The van der Waals surface area contributed by atoms with Crippen molar-refractivity contribution in [2.45, 2.75) is 117 Å². The average molecular weight is 657 g/mol. The zero-order chi connectivity index (χ0) is 34.1. The minimum Gasteiger partial charge on any atom is -0.0654 e. The lowest BCUT2D eigenvalue weighted by Crippen LogP contribution is -1.91. The number of hydrogen-bond acceptors (Lipinski definition) is 0. The lowest BCUT2D eigenvalue weighted by Gasteiger charge is -2.18. The maximum atomic E-state index is 2.39. The summed E-state index contributed by atoms with van der Waals surface area (Å²) in [4.78, 5) is 0. The van der Waals surface area contributed by atoms with E-state index in [-0.39, 0.29) is 0 Å². The fourth-order valence-corrected chi connectivity index (χ4v) is 8.49. The topological polar surface area (TPSA) is 0 Å². The summed E-state index contributed by atoms with van der Waals surface area (Å²) in [6.07, 6.45) is 21.4. The van der Waals surface area contributed by atoms with Gasteiger partial charge in [0, 0.05) is 0 Å². The van der Waals surface area contributed by atoms with Crippen molar-refractivity contribution >= 4 is 43.1 Å². The summed E-state index contributed by atoms with van der Waals surface area (Å²) in [7, 11) is 0. The average Bonchev–Trinajstić information content (AvgIpc) is 3.16. The first-order valence-corrected chi connectivity index (χ1v) is 20.1. The SMILES string of the molecule is CCCCCCCCCc1ccc(-c2ccc3c4ccc(-c5ccc(CCCCCCCCC)cc5)c5cccc(c6cccc2c63)c54)cc1. The molecule has 7 aromatic rings. The second-order valence-electron chi connectivity index (χ2n) is 14.9. The molecule has 0 bridgehead atoms. The van der Waals surface area contributed by atoms with Gasteiger partial charge in [0.15, 0.2) is 0 Å². The van der Waals surface area contributed by atoms with Crippen molar-refractivity contribution in [2.75, 3.05) is 0 Å². The third-order valence-electron chi connectivity index (χ3n) is 11.3. The minimum absolute atomic E-state index is 1.18. The van der Waals surface area contributed by atoms with Gasteiger partial charge in [-0.25, -0.2) is 0 Å². The molecular weight excluding hydrogens is 601 g/mol. The highest BCUT2D eigenvalue weighted by molar-refractivity contribution is 6.35. The van der Waals surface area contributed by atoms with E-state index in [9.17, 15) is 0 Å². The molecular formula is C50H56. The van der Waals surface area contributed by atoms with Gasteiger partial charge in [-0.05, 0) is 102 Å². The molecule has 0 saturated carbocycles. The van der Waals surface area contributed by atoms with E-state index in [4.69, 9.17) is 0 Å². The molecule has 0 fully saturated rings. The van der Waals surface area contributed by atoms with Crippen LogP contribution in [0.25, 0.3) is 65.3 Å². The van der Waals surface area contributed by atoms with Crippen molar-refractivity contribution in [1.29, 1.82) is 0 Å². The molecule has 0 aliphatic rings. The van der Waals surface area contributed by atoms with Gasteiger partial charge >= 0.3 is 0 Å². The molecule has 0 aromatic heterocycles. The molecule has 256 valence electrons. The Morgan fingerprint density at radius 3 is 1.04 bits per heavy atom. The second-order valence-corrected chi connectivity index (χ2v) is 14.9. The quantitative estimate of drug-likeness (QED) is 0.0490. The van der Waals surface area contributed by atoms with Crippen LogP contribution < -0.4 is 0 Å². The number of rotatable bonds is 18. The number of fused-ring (bicyclic) bond motifs is 2. The van der Waals surface area contributed by atoms with Crippen LogP contribution in [-0.4, -0.2) is 0 Å². The molecule has 0 aliphatic heterocycles. The summed E-state index contributed by atoms with van der Waals surface area (Å²) in [6, 6.07) is 42.2. The smallest absolute Gasteiger partial charge is 0.00201 e. The predicted octanol–water partition coefficient (Wildman–Crippen LogP) is 15.7. The van der Waals surface area contributed by atoms with E-state index in [1.165, 1.54) is 179 Å². The molecule has 0 spiro atoms. The maximum absolute atomic E-state index is 2.39. The number of benzene rings is 7. The molecule has 0 nitrogen and oxygen atoms in total. The molecule has 0 aliphatic carbocycles. The van der Waals surface area contributed by atoms with E-state index in [1.807, 2.05) is 0 Å². The van der Waals surface area contributed by atoms with Gasteiger partial charge in [-0.2, -0.15) is 0 Å². The van der Waals surface area contributed by atoms with Crippen LogP contribution in [-0.2, 0) is 12.8 Å². The Labute approximate surface area is 301 Å². The first kappa shape index (κ1) is 34.3. The van der Waals surface area contributed by atoms with Crippen molar-refractivity contribution in [3.63, 3.8) is 0 Å². The molecule has 0 heteroatoms. The molecule has 0 atom stereocenters. The Hall–Kier alpha value is -4.16. The van der Waals surface area contributed by atoms with Gasteiger partial charge in [-0.15, -0.1) is 0 Å². The molecule has 0 amide bonds. The molecule has 7 aromatic carbocycles. The van der Waals surface area contributed by atoms with E-state index in [1.54, 1.807) is 0 Å². The normalized spacial score (nSPS) is 11.9. The van der Waals surface area contributed by atoms with Crippen molar-refractivity contribution in [2.24, 2.45) is 0 Å². The van der Waals surface area contributed by atoms with Gasteiger partial charge < -0.3 is 0 Å². The third-order valence-corrected chi connectivity index (χ3v) is 11.3. The van der Waals surface area contributed by atoms with E-state index in [0.29, 0.717) is 0 Å². The van der Waals surface area contributed by atoms with E-state index in [2.05, 4.69) is 123 Å². The van der Waals surface area contributed by atoms with Crippen LogP contribution >= 0.6 is 0 Å². The number of aryl methyl sites for hydroxylation is 2. The van der Waals surface area contributed by atoms with Crippen LogP contribution in [0.2, 0.25) is 0 Å². The summed E-state index contributed by atoms with van der Waals surface area (Å²) in [6.45, 7) is 4.58. The number of unbranched alkanes of at least 4 members (excludes halogenated alkanes) is 12. The highest BCUT2D eigenvalue weighted by Gasteiger charge is 2.17. The van der Waals surface area contributed by atoms with Crippen LogP contribution in [0.1, 0.15) is 115 Å². The van der Waals surface area contributed by atoms with Crippen LogP contribution in [0.15, 0.2) is 109 Å². The van der Waals surface area contributed by atoms with Gasteiger partial charge in [-0.3, -0.25) is 0 Å². The summed E-state index contributed by atoms with van der Waals surface area (Å²) in [5.41, 5.74) is 8.21. The standard InChI is InChI=1S/C50H56/c1-3-5-7-9-11-13-15-19-37-25-29-39(30-26-37)41-33-35-47-48-36-34-42(40-31-27-38(28-32-40)20-16-14-12-10-8-6-4-2)44-22-18-24-46(50(44)48)45-23-17-21-43(41)49(45)47/h17-18,21-36H,3-16,19-20H2,1-2H3. The third kappa shape index (κ3) is 7.46. The van der Waals surface area contributed by atoms with E-state index < -0.39 is 0 Å². The van der Waals surface area contributed by atoms with Crippen LogP contribution in [0.4, 0.5) is 0 Å². The second kappa shape index (κ2) is 16.7. The zero-order valence-corrected chi connectivity index (χ0v) is 30.7. The Morgan fingerprint density at radius 1 is 0.300 bits per heavy atom. The molecule has 0 N–H and O–H groups in total. The van der Waals surface area contributed by atoms with Gasteiger partial charge in [0.2, 0.25) is 0 Å². The van der Waals surface area contributed by atoms with Crippen molar-refractivity contribution in [3.05, 3.63) is 120 Å². The predicted molar refractivity (Wildman–Crippen MR) is 222 cm³/mol. The van der Waals surface area contributed by atoms with Crippen molar-refractivity contribution in [1.82, 2.24) is 0 Å². The Morgan fingerprint density at radius 2 is 0.640 bits per heavy atom. The van der Waals surface area contributed by atoms with Gasteiger partial charge in [-0.1, -0.05) is 200 Å². The van der Waals surface area contributed by atoms with Gasteiger partial charge in [0.25, 0.3) is 0 Å². The van der Waals surface area contributed by atoms with Crippen LogP contribution in [0.3, 0.4) is 0 Å². The molecule has 0 heterocycles. The monoisotopic (exact) mass is 656 g/mol. The van der Waals surface area contributed by atoms with Crippen LogP contribution in [0.5, 0.6) is 0 Å². The van der Waals surface area contributed by atoms with Gasteiger partial charge in [0.05, 0.1) is 0 Å². The van der Waals surface area contributed by atoms with Gasteiger partial charge in [0.1, 0.15) is 0 Å². The van der Waals surface area contributed by atoms with Crippen molar-refractivity contribution in [3.8, 4) is 22.3 Å². The molecule has 0 unspecified atom stereocenters. The molecule has 0 saturated heterocycles. The lowest BCUT2D eigenvalue weighted by atomic mass is 9.85. The van der Waals surface area contributed by atoms with Crippen molar-refractivity contribution < 1.29 is 0 Å². The van der Waals surface area contributed by atoms with E-state index in [0.717, 1.165) is 0 Å². The molecule has 7 rings (SSSR count). The lowest BCUT2D eigenvalue weighted by molar-refractivity contribution is 0.589. The number of hydrogen-bond donors (Lipinski definition) is 0. The first-order valence-electron chi connectivity index (χ1n) is 20.1.